The van der Waals surface area contributed by atoms with Crippen LogP contribution in [0.1, 0.15) is 6.92 Å². The van der Waals surface area contributed by atoms with Crippen LogP contribution in [0.15, 0.2) is 24.3 Å². The van der Waals surface area contributed by atoms with Gasteiger partial charge in [-0.25, -0.2) is 4.98 Å². The van der Waals surface area contributed by atoms with Crippen LogP contribution >= 0.6 is 0 Å². The van der Waals surface area contributed by atoms with Gasteiger partial charge in [0.05, 0.1) is 17.1 Å². The molecule has 0 saturated heterocycles. The summed E-state index contributed by atoms with van der Waals surface area (Å²) in [5.41, 5.74) is 1.75. The number of nitrogens with one attached hydrogen (secondary N) is 3. The normalized spacial score (nSPS) is 12.6. The van der Waals surface area contributed by atoms with E-state index in [-0.39, 0.29) is 11.9 Å². The number of benzene rings is 1. The molecule has 0 spiro atoms. The van der Waals surface area contributed by atoms with Gasteiger partial charge in [-0.1, -0.05) is 12.1 Å². The molecule has 0 fully saturated rings. The van der Waals surface area contributed by atoms with Gasteiger partial charge in [0.1, 0.15) is 0 Å². The molecule has 5 heteroatoms. The predicted octanol–water partition coefficient (Wildman–Crippen LogP) is 1.11. The molecule has 0 aliphatic rings. The van der Waals surface area contributed by atoms with Crippen LogP contribution in [0.2, 0.25) is 0 Å². The third-order valence-electron chi connectivity index (χ3n) is 2.46. The lowest BCUT2D eigenvalue weighted by Gasteiger charge is -2.08. The number of H-pyrrole nitrogens is 1. The van der Waals surface area contributed by atoms with Crippen LogP contribution in [0.3, 0.4) is 0 Å². The molecule has 0 aliphatic heterocycles. The average Bonchev–Trinajstić information content (AvgIpc) is 2.69. The fourth-order valence-electron chi connectivity index (χ4n) is 1.37. The Morgan fingerprint density at radius 2 is 2.19 bits per heavy atom. The van der Waals surface area contributed by atoms with Crippen molar-refractivity contribution in [3.8, 4) is 0 Å². The molecule has 1 atom stereocenters. The second-order valence-electron chi connectivity index (χ2n) is 3.60. The summed E-state index contributed by atoms with van der Waals surface area (Å²) in [7, 11) is 1.74. The lowest BCUT2D eigenvalue weighted by atomic mass is 10.3. The zero-order valence-electron chi connectivity index (χ0n) is 9.24. The summed E-state index contributed by atoms with van der Waals surface area (Å²) in [5.74, 6) is 0.370. The van der Waals surface area contributed by atoms with Gasteiger partial charge < -0.3 is 10.3 Å². The number of rotatable bonds is 3. The predicted molar refractivity (Wildman–Crippen MR) is 63.2 cm³/mol. The maximum atomic E-state index is 11.6. The van der Waals surface area contributed by atoms with Gasteiger partial charge in [-0.15, -0.1) is 0 Å². The van der Waals surface area contributed by atoms with Crippen molar-refractivity contribution < 1.29 is 4.79 Å². The number of likely N-dealkylation sites (N-methyl/N-ethyl adjacent to an activating group) is 1. The Morgan fingerprint density at radius 3 is 2.88 bits per heavy atom. The third-order valence-corrected chi connectivity index (χ3v) is 2.46. The first-order valence-corrected chi connectivity index (χ1v) is 5.13. The van der Waals surface area contributed by atoms with Gasteiger partial charge in [-0.3, -0.25) is 10.1 Å². The van der Waals surface area contributed by atoms with Gasteiger partial charge in [0, 0.05) is 0 Å². The van der Waals surface area contributed by atoms with Crippen molar-refractivity contribution in [3.63, 3.8) is 0 Å². The summed E-state index contributed by atoms with van der Waals surface area (Å²) in [6.45, 7) is 1.79. The molecule has 1 unspecified atom stereocenters. The third kappa shape index (κ3) is 2.04. The smallest absolute Gasteiger partial charge is 0.243 e. The van der Waals surface area contributed by atoms with Gasteiger partial charge in [-0.2, -0.15) is 0 Å². The van der Waals surface area contributed by atoms with E-state index in [0.717, 1.165) is 11.0 Å². The molecule has 0 bridgehead atoms. The number of hydrogen-bond acceptors (Lipinski definition) is 3. The number of aromatic nitrogens is 2. The largest absolute Gasteiger partial charge is 0.324 e. The van der Waals surface area contributed by atoms with E-state index in [0.29, 0.717) is 5.95 Å². The number of imidazole rings is 1. The van der Waals surface area contributed by atoms with E-state index >= 15 is 0 Å². The molecule has 1 aromatic carbocycles. The monoisotopic (exact) mass is 218 g/mol. The van der Waals surface area contributed by atoms with Crippen LogP contribution in [0.4, 0.5) is 5.95 Å². The lowest BCUT2D eigenvalue weighted by Crippen LogP contribution is -2.35. The van der Waals surface area contributed by atoms with Crippen LogP contribution in [-0.4, -0.2) is 29.0 Å². The molecular formula is C11H14N4O. The minimum Gasteiger partial charge on any atom is -0.324 e. The maximum absolute atomic E-state index is 11.6. The van der Waals surface area contributed by atoms with E-state index in [1.165, 1.54) is 0 Å². The van der Waals surface area contributed by atoms with Gasteiger partial charge in [0.15, 0.2) is 0 Å². The molecule has 1 amide bonds. The van der Waals surface area contributed by atoms with Crippen molar-refractivity contribution >= 4 is 22.9 Å². The summed E-state index contributed by atoms with van der Waals surface area (Å²) in [6.07, 6.45) is 0. The number of carbonyl (C=O) groups is 1. The minimum atomic E-state index is -0.242. The molecule has 84 valence electrons. The van der Waals surface area contributed by atoms with E-state index in [9.17, 15) is 4.79 Å². The standard InChI is InChI=1S/C11H14N4O/c1-7(12-2)10(16)15-11-13-8-5-3-4-6-9(8)14-11/h3-7,12H,1-2H3,(H2,13,14,15,16). The molecule has 5 nitrogen and oxygen atoms in total. The van der Waals surface area contributed by atoms with Gasteiger partial charge in [0.25, 0.3) is 0 Å². The number of para-hydroxylation sites is 2. The number of nitrogens with zero attached hydrogens (tertiary/aromatic N) is 1. The zero-order valence-corrected chi connectivity index (χ0v) is 9.24. The van der Waals surface area contributed by atoms with E-state index < -0.39 is 0 Å². The first-order valence-electron chi connectivity index (χ1n) is 5.13. The molecule has 0 aliphatic carbocycles. The van der Waals surface area contributed by atoms with Crippen LogP contribution in [0.5, 0.6) is 0 Å². The molecule has 0 radical (unpaired) electrons. The molecule has 2 aromatic rings. The van der Waals surface area contributed by atoms with Crippen molar-refractivity contribution in [2.45, 2.75) is 13.0 Å². The first kappa shape index (κ1) is 10.6. The van der Waals surface area contributed by atoms with Gasteiger partial charge >= 0.3 is 0 Å². The summed E-state index contributed by atoms with van der Waals surface area (Å²) in [4.78, 5) is 18.9. The lowest BCUT2D eigenvalue weighted by molar-refractivity contribution is -0.117. The summed E-state index contributed by atoms with van der Waals surface area (Å²) < 4.78 is 0. The van der Waals surface area contributed by atoms with Crippen LogP contribution in [0.25, 0.3) is 11.0 Å². The molecule has 1 heterocycles. The van der Waals surface area contributed by atoms with Crippen LogP contribution in [0, 0.1) is 0 Å². The molecule has 16 heavy (non-hydrogen) atoms. The maximum Gasteiger partial charge on any atom is 0.243 e. The Hall–Kier alpha value is -1.88. The zero-order chi connectivity index (χ0) is 11.5. The topological polar surface area (TPSA) is 69.8 Å². The Labute approximate surface area is 93.3 Å². The summed E-state index contributed by atoms with van der Waals surface area (Å²) >= 11 is 0. The Balaban J connectivity index is 2.18. The Bertz CT molecular complexity index is 472. The SMILES string of the molecule is CNC(C)C(=O)Nc1nc2ccccc2[nH]1. The fraction of sp³-hybridized carbons (Fsp3) is 0.273. The summed E-state index contributed by atoms with van der Waals surface area (Å²) in [5, 5.41) is 5.58. The highest BCUT2D eigenvalue weighted by Gasteiger charge is 2.12. The Morgan fingerprint density at radius 1 is 1.44 bits per heavy atom. The van der Waals surface area contributed by atoms with E-state index in [2.05, 4.69) is 20.6 Å². The highest BCUT2D eigenvalue weighted by molar-refractivity contribution is 5.94. The van der Waals surface area contributed by atoms with E-state index in [1.807, 2.05) is 24.3 Å². The average molecular weight is 218 g/mol. The van der Waals surface area contributed by atoms with Gasteiger partial charge in [0.2, 0.25) is 11.9 Å². The van der Waals surface area contributed by atoms with Gasteiger partial charge in [-0.05, 0) is 26.1 Å². The summed E-state index contributed by atoms with van der Waals surface area (Å²) in [6, 6.07) is 7.39. The number of hydrogen-bond donors (Lipinski definition) is 3. The first-order chi connectivity index (χ1) is 7.70. The molecule has 3 N–H and O–H groups in total. The van der Waals surface area contributed by atoms with E-state index in [1.54, 1.807) is 14.0 Å². The highest BCUT2D eigenvalue weighted by atomic mass is 16.2. The molecular weight excluding hydrogens is 204 g/mol. The van der Waals surface area contributed by atoms with Crippen molar-refractivity contribution in [3.05, 3.63) is 24.3 Å². The minimum absolute atomic E-state index is 0.110. The molecule has 0 saturated carbocycles. The number of aromatic amines is 1. The van der Waals surface area contributed by atoms with Crippen molar-refractivity contribution in [2.75, 3.05) is 12.4 Å². The highest BCUT2D eigenvalue weighted by Crippen LogP contribution is 2.13. The van der Waals surface area contributed by atoms with E-state index in [4.69, 9.17) is 0 Å². The number of fused-ring (bicyclic) bond motifs is 1. The van der Waals surface area contributed by atoms with Crippen LogP contribution in [-0.2, 0) is 4.79 Å². The molecule has 2 rings (SSSR count). The number of amides is 1. The second kappa shape index (κ2) is 4.32. The quantitative estimate of drug-likeness (QED) is 0.722. The number of anilines is 1. The van der Waals surface area contributed by atoms with Crippen LogP contribution < -0.4 is 10.6 Å². The number of carbonyl (C=O) groups excluding carboxylic acids is 1. The van der Waals surface area contributed by atoms with Crippen molar-refractivity contribution in [1.82, 2.24) is 15.3 Å². The fourth-order valence-corrected chi connectivity index (χ4v) is 1.37. The second-order valence-corrected chi connectivity index (χ2v) is 3.60. The molecule has 1 aromatic heterocycles. The Kier molecular flexibility index (Phi) is 2.87. The van der Waals surface area contributed by atoms with Crippen molar-refractivity contribution in [1.29, 1.82) is 0 Å². The van der Waals surface area contributed by atoms with Crippen molar-refractivity contribution in [2.24, 2.45) is 0 Å².